The Kier molecular flexibility index (Phi) is 9.73. The fraction of sp³-hybridized carbons (Fsp3) is 0.222. The second-order valence-electron chi connectivity index (χ2n) is 7.83. The van der Waals surface area contributed by atoms with E-state index in [1.54, 1.807) is 30.1 Å². The van der Waals surface area contributed by atoms with Gasteiger partial charge in [0, 0.05) is 5.75 Å². The van der Waals surface area contributed by atoms with Crippen molar-refractivity contribution < 1.29 is 14.3 Å². The first-order valence-electron chi connectivity index (χ1n) is 11.0. The minimum absolute atomic E-state index is 0.0685. The predicted molar refractivity (Wildman–Crippen MR) is 138 cm³/mol. The van der Waals surface area contributed by atoms with Gasteiger partial charge in [-0.3, -0.25) is 9.59 Å². The lowest BCUT2D eigenvalue weighted by atomic mass is 10.1. The molecule has 0 saturated heterocycles. The molecule has 3 aromatic carbocycles. The third-order valence-corrected chi connectivity index (χ3v) is 5.96. The number of aryl methyl sites for hydroxylation is 1. The highest BCUT2D eigenvalue weighted by Crippen LogP contribution is 2.14. The summed E-state index contributed by atoms with van der Waals surface area (Å²) in [5.41, 5.74) is 6.80. The molecule has 3 rings (SSSR count). The van der Waals surface area contributed by atoms with Crippen LogP contribution >= 0.6 is 11.8 Å². The van der Waals surface area contributed by atoms with Gasteiger partial charge in [-0.15, -0.1) is 11.8 Å². The third kappa shape index (κ3) is 8.75. The maximum absolute atomic E-state index is 12.1. The second kappa shape index (κ2) is 13.2. The standard InChI is InChI=1S/C27H29N3O3S/c1-20-8-10-23(11-9-20)18-34-19-27(32)30-28-16-22-12-14-25(15-13-22)33-17-26(31)29-21(2)24-6-4-3-5-7-24/h3-16,21H,17-19H2,1-2H3,(H,29,31)(H,30,32)/b28-16-/t21-/m1/s1. The summed E-state index contributed by atoms with van der Waals surface area (Å²) in [5.74, 6) is 1.36. The van der Waals surface area contributed by atoms with Gasteiger partial charge in [0.2, 0.25) is 5.91 Å². The van der Waals surface area contributed by atoms with Crippen LogP contribution in [0.4, 0.5) is 0 Å². The molecule has 0 spiro atoms. The molecule has 2 N–H and O–H groups in total. The number of thioether (sulfide) groups is 1. The number of benzene rings is 3. The number of hydrogen-bond acceptors (Lipinski definition) is 5. The highest BCUT2D eigenvalue weighted by atomic mass is 32.2. The van der Waals surface area contributed by atoms with Gasteiger partial charge < -0.3 is 10.1 Å². The maximum Gasteiger partial charge on any atom is 0.258 e. The highest BCUT2D eigenvalue weighted by Gasteiger charge is 2.09. The largest absolute Gasteiger partial charge is 0.484 e. The zero-order valence-corrected chi connectivity index (χ0v) is 20.2. The SMILES string of the molecule is Cc1ccc(CSCC(=O)N/N=C\c2ccc(OCC(=O)N[C@H](C)c3ccccc3)cc2)cc1. The summed E-state index contributed by atoms with van der Waals surface area (Å²) in [6.45, 7) is 3.92. The molecule has 0 unspecified atom stereocenters. The second-order valence-corrected chi connectivity index (χ2v) is 8.81. The number of amides is 2. The summed E-state index contributed by atoms with van der Waals surface area (Å²) in [7, 11) is 0. The van der Waals surface area contributed by atoms with E-state index in [-0.39, 0.29) is 24.5 Å². The van der Waals surface area contributed by atoms with E-state index in [0.717, 1.165) is 16.9 Å². The van der Waals surface area contributed by atoms with Gasteiger partial charge in [0.25, 0.3) is 5.91 Å². The van der Waals surface area contributed by atoms with Gasteiger partial charge >= 0.3 is 0 Å². The topological polar surface area (TPSA) is 79.8 Å². The van der Waals surface area contributed by atoms with Crippen molar-refractivity contribution in [1.29, 1.82) is 0 Å². The van der Waals surface area contributed by atoms with E-state index in [2.05, 4.69) is 47.0 Å². The molecule has 0 radical (unpaired) electrons. The van der Waals surface area contributed by atoms with Crippen molar-refractivity contribution in [2.75, 3.05) is 12.4 Å². The van der Waals surface area contributed by atoms with Gasteiger partial charge in [-0.05, 0) is 54.8 Å². The zero-order chi connectivity index (χ0) is 24.2. The minimum Gasteiger partial charge on any atom is -0.484 e. The molecule has 0 aliphatic rings. The van der Waals surface area contributed by atoms with Crippen LogP contribution in [0.2, 0.25) is 0 Å². The molecule has 0 saturated carbocycles. The van der Waals surface area contributed by atoms with Crippen molar-refractivity contribution in [3.63, 3.8) is 0 Å². The molecule has 0 bridgehead atoms. The van der Waals surface area contributed by atoms with Gasteiger partial charge in [0.05, 0.1) is 18.0 Å². The Hall–Kier alpha value is -3.58. The molecule has 0 fully saturated rings. The van der Waals surface area contributed by atoms with Crippen LogP contribution in [0.3, 0.4) is 0 Å². The van der Waals surface area contributed by atoms with E-state index in [4.69, 9.17) is 4.74 Å². The number of hydrazone groups is 1. The lowest BCUT2D eigenvalue weighted by Crippen LogP contribution is -2.31. The van der Waals surface area contributed by atoms with Crippen LogP contribution in [0.25, 0.3) is 0 Å². The lowest BCUT2D eigenvalue weighted by Gasteiger charge is -2.14. The van der Waals surface area contributed by atoms with Crippen molar-refractivity contribution in [2.45, 2.75) is 25.6 Å². The van der Waals surface area contributed by atoms with Gasteiger partial charge in [0.1, 0.15) is 5.75 Å². The van der Waals surface area contributed by atoms with Crippen molar-refractivity contribution in [2.24, 2.45) is 5.10 Å². The van der Waals surface area contributed by atoms with E-state index in [1.165, 1.54) is 11.1 Å². The Morgan fingerprint density at radius 2 is 1.68 bits per heavy atom. The van der Waals surface area contributed by atoms with E-state index in [0.29, 0.717) is 11.5 Å². The fourth-order valence-electron chi connectivity index (χ4n) is 3.06. The zero-order valence-electron chi connectivity index (χ0n) is 19.4. The summed E-state index contributed by atoms with van der Waals surface area (Å²) in [5, 5.41) is 6.92. The van der Waals surface area contributed by atoms with E-state index < -0.39 is 0 Å². The molecule has 6 nitrogen and oxygen atoms in total. The van der Waals surface area contributed by atoms with Crippen LogP contribution in [0.1, 0.15) is 35.2 Å². The Balaban J connectivity index is 1.34. The first-order valence-corrected chi connectivity index (χ1v) is 12.2. The summed E-state index contributed by atoms with van der Waals surface area (Å²) in [6, 6.07) is 25.1. The summed E-state index contributed by atoms with van der Waals surface area (Å²) in [6.07, 6.45) is 1.57. The molecule has 1 atom stereocenters. The van der Waals surface area contributed by atoms with Gasteiger partial charge in [0.15, 0.2) is 6.61 Å². The fourth-order valence-corrected chi connectivity index (χ4v) is 3.84. The number of ether oxygens (including phenoxy) is 1. The Bertz CT molecular complexity index is 1080. The molecular weight excluding hydrogens is 446 g/mol. The van der Waals surface area contributed by atoms with Crippen LogP contribution in [0, 0.1) is 6.92 Å². The molecule has 0 aliphatic carbocycles. The van der Waals surface area contributed by atoms with Crippen molar-refractivity contribution in [1.82, 2.24) is 10.7 Å². The molecule has 2 amide bonds. The first kappa shape index (κ1) is 25.1. The van der Waals surface area contributed by atoms with E-state index in [9.17, 15) is 9.59 Å². The van der Waals surface area contributed by atoms with Crippen molar-refractivity contribution in [3.05, 3.63) is 101 Å². The number of nitrogens with one attached hydrogen (secondary N) is 2. The monoisotopic (exact) mass is 475 g/mol. The molecule has 0 heterocycles. The highest BCUT2D eigenvalue weighted by molar-refractivity contribution is 7.99. The van der Waals surface area contributed by atoms with Crippen molar-refractivity contribution >= 4 is 29.8 Å². The molecule has 176 valence electrons. The number of rotatable bonds is 11. The van der Waals surface area contributed by atoms with E-state index in [1.807, 2.05) is 49.4 Å². The van der Waals surface area contributed by atoms with Gasteiger partial charge in [-0.25, -0.2) is 5.43 Å². The molecule has 3 aromatic rings. The molecule has 0 aromatic heterocycles. The van der Waals surface area contributed by atoms with Gasteiger partial charge in [-0.2, -0.15) is 5.10 Å². The number of carbonyl (C=O) groups excluding carboxylic acids is 2. The average molecular weight is 476 g/mol. The lowest BCUT2D eigenvalue weighted by molar-refractivity contribution is -0.123. The molecule has 0 aliphatic heterocycles. The summed E-state index contributed by atoms with van der Waals surface area (Å²) in [4.78, 5) is 24.1. The average Bonchev–Trinajstić information content (AvgIpc) is 2.85. The van der Waals surface area contributed by atoms with Crippen LogP contribution in [0.15, 0.2) is 84.0 Å². The molecular formula is C27H29N3O3S. The molecule has 34 heavy (non-hydrogen) atoms. The summed E-state index contributed by atoms with van der Waals surface area (Å²) >= 11 is 1.54. The van der Waals surface area contributed by atoms with Crippen molar-refractivity contribution in [3.8, 4) is 5.75 Å². The smallest absolute Gasteiger partial charge is 0.258 e. The minimum atomic E-state index is -0.190. The molecule has 7 heteroatoms. The Morgan fingerprint density at radius 1 is 0.971 bits per heavy atom. The Morgan fingerprint density at radius 3 is 2.38 bits per heavy atom. The van der Waals surface area contributed by atoms with Gasteiger partial charge in [-0.1, -0.05) is 60.2 Å². The first-order chi connectivity index (χ1) is 16.5. The van der Waals surface area contributed by atoms with Crippen LogP contribution in [-0.2, 0) is 15.3 Å². The number of nitrogens with zero attached hydrogens (tertiary/aromatic N) is 1. The third-order valence-electron chi connectivity index (χ3n) is 4.95. The van der Waals surface area contributed by atoms with Crippen LogP contribution < -0.4 is 15.5 Å². The van der Waals surface area contributed by atoms with Crippen LogP contribution in [-0.4, -0.2) is 30.4 Å². The predicted octanol–water partition coefficient (Wildman–Crippen LogP) is 4.63. The quantitative estimate of drug-likeness (QED) is 0.313. The van der Waals surface area contributed by atoms with Crippen LogP contribution in [0.5, 0.6) is 5.75 Å². The number of hydrogen-bond donors (Lipinski definition) is 2. The maximum atomic E-state index is 12.1. The van der Waals surface area contributed by atoms with E-state index >= 15 is 0 Å². The summed E-state index contributed by atoms with van der Waals surface area (Å²) < 4.78 is 5.56. The normalized spacial score (nSPS) is 11.7. The Labute approximate surface area is 204 Å². The number of carbonyl (C=O) groups is 2.